The fourth-order valence-corrected chi connectivity index (χ4v) is 9.15. The summed E-state index contributed by atoms with van der Waals surface area (Å²) >= 11 is 0. The minimum absolute atomic E-state index is 0.0198. The van der Waals surface area contributed by atoms with Gasteiger partial charge in [0.1, 0.15) is 31.0 Å². The maximum atomic E-state index is 14.2. The molecule has 8 atom stereocenters. The van der Waals surface area contributed by atoms with Crippen molar-refractivity contribution < 1.29 is 38.9 Å². The van der Waals surface area contributed by atoms with Crippen LogP contribution in [-0.4, -0.2) is 77.6 Å². The van der Waals surface area contributed by atoms with E-state index >= 15 is 0 Å². The van der Waals surface area contributed by atoms with Crippen LogP contribution in [-0.2, 0) is 32.3 Å². The van der Waals surface area contributed by atoms with E-state index in [9.17, 15) is 24.6 Å². The number of aliphatic hydroxyl groups excluding tert-OH is 2. The van der Waals surface area contributed by atoms with Gasteiger partial charge in [0.25, 0.3) is 5.91 Å². The first-order valence-corrected chi connectivity index (χ1v) is 19.5. The Kier molecular flexibility index (Phi) is 12.4. The molecule has 0 radical (unpaired) electrons. The van der Waals surface area contributed by atoms with Crippen LogP contribution in [0.3, 0.4) is 0 Å². The van der Waals surface area contributed by atoms with E-state index < -0.39 is 36.0 Å². The number of ether oxygens (including phenoxy) is 2. The molecule has 55 heavy (non-hydrogen) atoms. The average molecular weight is 756 g/mol. The molecule has 2 bridgehead atoms. The first kappa shape index (κ1) is 40.4. The summed E-state index contributed by atoms with van der Waals surface area (Å²) in [5.74, 6) is 0.191. The highest BCUT2D eigenvalue weighted by Gasteiger charge is 2.57. The zero-order valence-corrected chi connectivity index (χ0v) is 33.1. The number of nitrogens with zero attached hydrogens (tertiary/aromatic N) is 1. The van der Waals surface area contributed by atoms with Gasteiger partial charge in [0.2, 0.25) is 5.91 Å². The number of benzene rings is 3. The van der Waals surface area contributed by atoms with Gasteiger partial charge in [0.05, 0.1) is 26.4 Å². The lowest BCUT2D eigenvalue weighted by atomic mass is 9.45. The van der Waals surface area contributed by atoms with Crippen molar-refractivity contribution in [2.45, 2.75) is 97.7 Å². The van der Waals surface area contributed by atoms with Crippen LogP contribution in [0, 0.1) is 29.1 Å². The Balaban J connectivity index is 1.23. The molecule has 296 valence electrons. The Bertz CT molecular complexity index is 1850. The molecule has 3 aliphatic carbocycles. The Hall–Kier alpha value is -4.29. The third-order valence-corrected chi connectivity index (χ3v) is 12.5. The van der Waals surface area contributed by atoms with Crippen LogP contribution in [0.25, 0.3) is 11.1 Å². The summed E-state index contributed by atoms with van der Waals surface area (Å²) in [6, 6.07) is 19.8. The lowest BCUT2D eigenvalue weighted by Crippen LogP contribution is -2.62. The third kappa shape index (κ3) is 8.45. The Morgan fingerprint density at radius 2 is 1.76 bits per heavy atom. The largest absolute Gasteiger partial charge is 0.496 e. The predicted octanol–water partition coefficient (Wildman–Crippen LogP) is 5.62. The summed E-state index contributed by atoms with van der Waals surface area (Å²) in [5, 5.41) is 28.9. The van der Waals surface area contributed by atoms with Crippen molar-refractivity contribution in [2.75, 3.05) is 20.3 Å². The van der Waals surface area contributed by atoms with Gasteiger partial charge in [-0.05, 0) is 77.7 Å². The lowest BCUT2D eigenvalue weighted by Gasteiger charge is -2.62. The second-order valence-corrected chi connectivity index (χ2v) is 16.6. The van der Waals surface area contributed by atoms with E-state index in [-0.39, 0.29) is 49.6 Å². The zero-order valence-electron chi connectivity index (χ0n) is 33.1. The molecular formula is C44H57N3O8. The van der Waals surface area contributed by atoms with Crippen LogP contribution in [0.15, 0.2) is 66.7 Å². The fraction of sp³-hybridized carbons (Fsp3) is 0.523. The first-order chi connectivity index (χ1) is 26.2. The van der Waals surface area contributed by atoms with Crippen LogP contribution < -0.4 is 15.4 Å². The summed E-state index contributed by atoms with van der Waals surface area (Å²) in [6.45, 7) is 12.2. The van der Waals surface area contributed by atoms with Gasteiger partial charge >= 0.3 is 5.97 Å². The number of rotatable bonds is 14. The first-order valence-electron chi connectivity index (χ1n) is 19.5. The summed E-state index contributed by atoms with van der Waals surface area (Å²) in [7, 11) is 1.57. The molecule has 2 amide bonds. The predicted molar refractivity (Wildman–Crippen MR) is 209 cm³/mol. The van der Waals surface area contributed by atoms with Gasteiger partial charge in [0.15, 0.2) is 0 Å². The van der Waals surface area contributed by atoms with Crippen molar-refractivity contribution in [3.63, 3.8) is 0 Å². The Morgan fingerprint density at radius 1 is 1.02 bits per heavy atom. The number of fused-ring (bicyclic) bond motifs is 2. The molecule has 7 rings (SSSR count). The molecule has 3 aromatic rings. The normalized spacial score (nSPS) is 26.2. The van der Waals surface area contributed by atoms with Crippen molar-refractivity contribution >= 4 is 17.8 Å². The molecule has 3 saturated carbocycles. The molecule has 0 aromatic heterocycles. The molecule has 0 spiro atoms. The van der Waals surface area contributed by atoms with Crippen molar-refractivity contribution in [2.24, 2.45) is 29.1 Å². The molecule has 11 nitrogen and oxygen atoms in total. The molecule has 3 aromatic carbocycles. The number of para-hydroxylation sites is 1. The molecule has 4 aliphatic rings. The number of methoxy groups -OCH3 is 1. The van der Waals surface area contributed by atoms with Crippen molar-refractivity contribution in [1.29, 1.82) is 0 Å². The summed E-state index contributed by atoms with van der Waals surface area (Å²) in [6.07, 6.45) is 0.404. The minimum Gasteiger partial charge on any atom is -0.496 e. The van der Waals surface area contributed by atoms with E-state index in [0.29, 0.717) is 29.1 Å². The number of hydrogen-bond acceptors (Lipinski definition) is 9. The number of amides is 2. The quantitative estimate of drug-likeness (QED) is 0.154. The van der Waals surface area contributed by atoms with Crippen LogP contribution in [0.2, 0.25) is 0 Å². The highest BCUT2D eigenvalue weighted by molar-refractivity contribution is 5.97. The topological polar surface area (TPSA) is 147 Å². The second-order valence-electron chi connectivity index (χ2n) is 16.6. The summed E-state index contributed by atoms with van der Waals surface area (Å²) < 4.78 is 11.4. The average Bonchev–Trinajstić information content (AvgIpc) is 3.55. The lowest BCUT2D eigenvalue weighted by molar-refractivity contribution is -0.183. The van der Waals surface area contributed by atoms with E-state index in [4.69, 9.17) is 14.3 Å². The number of carbonyl (C=O) groups excluding carboxylic acids is 3. The molecule has 11 heteroatoms. The van der Waals surface area contributed by atoms with Gasteiger partial charge in [-0.15, -0.1) is 0 Å². The molecule has 4 fully saturated rings. The van der Waals surface area contributed by atoms with Gasteiger partial charge < -0.3 is 30.3 Å². The molecule has 1 saturated heterocycles. The van der Waals surface area contributed by atoms with E-state index in [2.05, 4.69) is 31.4 Å². The van der Waals surface area contributed by atoms with E-state index in [1.165, 1.54) is 6.42 Å². The molecule has 1 heterocycles. The number of carbonyl (C=O) groups is 3. The third-order valence-electron chi connectivity index (χ3n) is 12.5. The minimum atomic E-state index is -0.920. The van der Waals surface area contributed by atoms with Gasteiger partial charge in [-0.1, -0.05) is 89.2 Å². The van der Waals surface area contributed by atoms with E-state index in [1.807, 2.05) is 74.5 Å². The maximum absolute atomic E-state index is 14.2. The van der Waals surface area contributed by atoms with E-state index in [1.54, 1.807) is 25.2 Å². The number of nitrogens with one attached hydrogen (secondary N) is 2. The number of aliphatic hydroxyl groups is 2. The second kappa shape index (κ2) is 16.8. The van der Waals surface area contributed by atoms with Gasteiger partial charge in [0, 0.05) is 28.7 Å². The zero-order chi connectivity index (χ0) is 39.6. The van der Waals surface area contributed by atoms with Crippen LogP contribution >= 0.6 is 0 Å². The van der Waals surface area contributed by atoms with E-state index in [0.717, 1.165) is 34.2 Å². The van der Waals surface area contributed by atoms with Gasteiger partial charge in [-0.2, -0.15) is 5.06 Å². The van der Waals surface area contributed by atoms with Crippen LogP contribution in [0.1, 0.15) is 87.4 Å². The number of hydroxylamine groups is 2. The van der Waals surface area contributed by atoms with Crippen molar-refractivity contribution in [1.82, 2.24) is 15.7 Å². The highest BCUT2D eigenvalue weighted by atomic mass is 16.7. The number of hydrogen-bond donors (Lipinski definition) is 4. The van der Waals surface area contributed by atoms with Crippen molar-refractivity contribution in [3.05, 3.63) is 89.0 Å². The van der Waals surface area contributed by atoms with Crippen molar-refractivity contribution in [3.8, 4) is 16.9 Å². The molecule has 1 aliphatic heterocycles. The summed E-state index contributed by atoms with van der Waals surface area (Å²) in [5.41, 5.74) is 4.61. The van der Waals surface area contributed by atoms with Gasteiger partial charge in [-0.3, -0.25) is 19.2 Å². The highest BCUT2D eigenvalue weighted by Crippen LogP contribution is 2.61. The van der Waals surface area contributed by atoms with Gasteiger partial charge in [-0.25, -0.2) is 0 Å². The SMILES string of the molecule is COc1c(CN2O[C@@H](CO)[C@H]([C@H](C)O)[C@H]2C(=O)N[C@H]2C[C@H]3C[C@@H]([C@@H]2C)C3(C)C)cccc1-c1cc(C(=O)NCC(=O)OCc2ccccc2)cc(C(C)C)c1. The smallest absolute Gasteiger partial charge is 0.325 e. The summed E-state index contributed by atoms with van der Waals surface area (Å²) in [4.78, 5) is 46.4. The maximum Gasteiger partial charge on any atom is 0.325 e. The standard InChI is InChI=1S/C44H57N3O8/c1-25(2)30-16-31(18-32(17-30)42(51)45-21-38(50)54-24-28-12-9-8-10-13-28)34-15-11-14-29(41(34)53-7)22-47-40(39(27(4)49)37(23-48)55-47)43(52)46-36-20-33-19-35(26(36)3)44(33,5)6/h8-18,25-27,33,35-37,39-40,48-49H,19-24H2,1-7H3,(H,45,51)(H,46,52)/t26-,27-,33+,35-,36-,37-,39-,40-/m0/s1. The molecule has 4 N–H and O–H groups in total. The molecule has 0 unspecified atom stereocenters. The Labute approximate surface area is 324 Å². The monoisotopic (exact) mass is 755 g/mol. The van der Waals surface area contributed by atoms with Crippen LogP contribution in [0.5, 0.6) is 5.75 Å². The molecular weight excluding hydrogens is 698 g/mol. The van der Waals surface area contributed by atoms with Crippen LogP contribution in [0.4, 0.5) is 0 Å². The Morgan fingerprint density at radius 3 is 2.40 bits per heavy atom. The number of esters is 1. The fourth-order valence-electron chi connectivity index (χ4n) is 9.15.